The number of benzene rings is 4. The Kier molecular flexibility index (Phi) is 37.4. The number of alkyl halides is 12. The minimum absolute atomic E-state index is 0.0594. The molecule has 1 unspecified atom stereocenters. The number of hydrogen-bond donors (Lipinski definition) is 0. The van der Waals surface area contributed by atoms with Gasteiger partial charge in [-0.1, -0.05) is 200 Å². The second kappa shape index (κ2) is 42.5. The smallest absolute Gasteiger partial charge is 0.490 e. The number of nitrogens with zero attached hydrogens (tertiary/aromatic N) is 1. The number of halogens is 12. The maximum absolute atomic E-state index is 15.1. The van der Waals surface area contributed by atoms with Crippen molar-refractivity contribution in [3.63, 3.8) is 0 Å². The highest BCUT2D eigenvalue weighted by Crippen LogP contribution is 2.44. The summed E-state index contributed by atoms with van der Waals surface area (Å²) in [6.45, 7) is 11.1. The van der Waals surface area contributed by atoms with Gasteiger partial charge in [0.2, 0.25) is 0 Å². The largest absolute Gasteiger partial charge is 0.864 e. The molecule has 0 aliphatic carbocycles. The third-order valence-electron chi connectivity index (χ3n) is 16.4. The van der Waals surface area contributed by atoms with Gasteiger partial charge in [0, 0.05) is 6.42 Å². The van der Waals surface area contributed by atoms with E-state index in [0.717, 1.165) is 234 Å². The predicted octanol–water partition coefficient (Wildman–Crippen LogP) is 25.0. The molecule has 492 valence electrons. The number of unbranched alkanes of at least 4 members (excludes halogenated alkanes) is 29. The van der Waals surface area contributed by atoms with E-state index in [1.165, 1.54) is 88.5 Å². The summed E-state index contributed by atoms with van der Waals surface area (Å²) in [5.41, 5.74) is -2.99. The summed E-state index contributed by atoms with van der Waals surface area (Å²) in [4.78, 5) is 0. The Hall–Kier alpha value is -4.54. The Balaban J connectivity index is 0.00000179. The van der Waals surface area contributed by atoms with Crippen molar-refractivity contribution in [2.75, 3.05) is 19.6 Å². The van der Waals surface area contributed by atoms with Gasteiger partial charge in [0.05, 0.1) is 41.9 Å². The highest BCUT2D eigenvalue weighted by molar-refractivity contribution is 6.39. The van der Waals surface area contributed by atoms with Crippen molar-refractivity contribution < 1.29 is 71.1 Å². The van der Waals surface area contributed by atoms with Gasteiger partial charge in [0.25, 0.3) is 0 Å². The SMILES string of the molecule is CCCCCCCCCCCCCCCCCC(c1cc(C(F)(F)F)ccc1OB(Oc1ccc(C(F)(F)F)cc1)Oc1ccc(C(F)(F)F)cc1)[N+](CCCCCCCC)(CCCCCCCC)CCCCCCCC.FC(F)(F)c1cc[c-]cc1. The van der Waals surface area contributed by atoms with E-state index in [4.69, 9.17) is 14.0 Å². The van der Waals surface area contributed by atoms with Gasteiger partial charge in [-0.3, -0.25) is 0 Å². The van der Waals surface area contributed by atoms with Crippen LogP contribution in [0.1, 0.15) is 280 Å². The Morgan fingerprint density at radius 3 is 0.943 bits per heavy atom. The molecule has 0 bridgehead atoms. The quantitative estimate of drug-likeness (QED) is 0.0145. The van der Waals surface area contributed by atoms with Gasteiger partial charge in [0.15, 0.2) is 0 Å². The summed E-state index contributed by atoms with van der Waals surface area (Å²) >= 11 is 0. The molecule has 0 saturated heterocycles. The molecule has 0 N–H and O–H groups in total. The fourth-order valence-corrected chi connectivity index (χ4v) is 11.4. The second-order valence-electron chi connectivity index (χ2n) is 23.7. The zero-order chi connectivity index (χ0) is 63.9. The van der Waals surface area contributed by atoms with Crippen molar-refractivity contribution in [1.82, 2.24) is 0 Å². The van der Waals surface area contributed by atoms with Crippen LogP contribution < -0.4 is 14.0 Å². The molecule has 0 aliphatic rings. The molecule has 1 atom stereocenters. The van der Waals surface area contributed by atoms with E-state index in [9.17, 15) is 39.5 Å². The fraction of sp³-hybridized carbons (Fsp3) is 0.657. The standard InChI is InChI=1S/C63H98BF9NO3.C7H4F3/c1-5-9-13-17-21-22-23-24-25-26-27-28-29-30-34-38-59(74(49-35-31-18-14-10-6-2,50-36-32-19-15-11-7-3)51-37-33-20-16-12-8-4)58-52-55(63(71,72)73)43-48-60(58)77-64(75-56-44-39-53(40-45-56)61(65,66)67)76-57-46-41-54(42-47-57)62(68,69)70;8-7(9,10)6-4-2-1-3-5-6/h39-48,52,59H,5-38,49-51H2,1-4H3;2-5H/q+1;-1. The van der Waals surface area contributed by atoms with E-state index < -0.39 is 60.3 Å². The van der Waals surface area contributed by atoms with Gasteiger partial charge in [0.1, 0.15) is 23.3 Å². The normalized spacial score (nSPS) is 12.6. The molecule has 4 aromatic carbocycles. The number of quaternary nitrogens is 1. The average Bonchev–Trinajstić information content (AvgIpc) is 1.14. The van der Waals surface area contributed by atoms with E-state index in [2.05, 4.69) is 33.8 Å². The lowest BCUT2D eigenvalue weighted by Crippen LogP contribution is -2.53. The highest BCUT2D eigenvalue weighted by atomic mass is 19.4. The first-order chi connectivity index (χ1) is 41.6. The monoisotopic (exact) mass is 1240 g/mol. The number of rotatable bonds is 45. The average molecular weight is 1240 g/mol. The van der Waals surface area contributed by atoms with Gasteiger partial charge in [-0.25, -0.2) is 0 Å². The highest BCUT2D eigenvalue weighted by Gasteiger charge is 2.43. The first kappa shape index (κ1) is 76.7. The third-order valence-corrected chi connectivity index (χ3v) is 16.4. The van der Waals surface area contributed by atoms with Crippen LogP contribution in [0.5, 0.6) is 17.2 Å². The van der Waals surface area contributed by atoms with E-state index in [-0.39, 0.29) is 17.2 Å². The summed E-state index contributed by atoms with van der Waals surface area (Å²) in [6, 6.07) is 17.6. The second-order valence-corrected chi connectivity index (χ2v) is 23.7. The minimum atomic E-state index is -4.70. The zero-order valence-corrected chi connectivity index (χ0v) is 52.7. The lowest BCUT2D eigenvalue weighted by atomic mass is 9.91. The Bertz CT molecular complexity index is 2230. The fourth-order valence-electron chi connectivity index (χ4n) is 11.4. The lowest BCUT2D eigenvalue weighted by molar-refractivity contribution is -0.958. The molecular weight excluding hydrogens is 1140 g/mol. The van der Waals surface area contributed by atoms with Crippen molar-refractivity contribution >= 4 is 7.32 Å². The topological polar surface area (TPSA) is 27.7 Å². The van der Waals surface area contributed by atoms with Crippen LogP contribution in [0.25, 0.3) is 0 Å². The van der Waals surface area contributed by atoms with E-state index >= 15 is 13.2 Å². The summed E-state index contributed by atoms with van der Waals surface area (Å²) in [7, 11) is -1.83. The molecule has 0 saturated carbocycles. The first-order valence-electron chi connectivity index (χ1n) is 33.0. The molecule has 0 spiro atoms. The van der Waals surface area contributed by atoms with Crippen LogP contribution in [0.4, 0.5) is 52.7 Å². The van der Waals surface area contributed by atoms with E-state index in [1.54, 1.807) is 0 Å². The summed E-state index contributed by atoms with van der Waals surface area (Å²) in [5, 5.41) is 0. The van der Waals surface area contributed by atoms with Gasteiger partial charge < -0.3 is 18.4 Å². The summed E-state index contributed by atoms with van der Waals surface area (Å²) in [6.07, 6.45) is 19.3. The molecule has 0 amide bonds. The van der Waals surface area contributed by atoms with Crippen molar-refractivity contribution in [3.8, 4) is 17.2 Å². The lowest BCUT2D eigenvalue weighted by Gasteiger charge is -2.46. The van der Waals surface area contributed by atoms with Crippen LogP contribution in [0, 0.1) is 6.07 Å². The van der Waals surface area contributed by atoms with E-state index in [1.807, 2.05) is 0 Å². The molecular formula is C70H102BF12NO3. The maximum Gasteiger partial charge on any atom is 0.864 e. The van der Waals surface area contributed by atoms with E-state index in [0.29, 0.717) is 16.5 Å². The van der Waals surface area contributed by atoms with Crippen molar-refractivity contribution in [2.45, 2.75) is 277 Å². The van der Waals surface area contributed by atoms with Gasteiger partial charge >= 0.3 is 32.0 Å². The van der Waals surface area contributed by atoms with Gasteiger partial charge in [-0.15, -0.1) is 0 Å². The van der Waals surface area contributed by atoms with Crippen LogP contribution in [-0.2, 0) is 24.7 Å². The van der Waals surface area contributed by atoms with Crippen LogP contribution in [-0.4, -0.2) is 31.4 Å². The van der Waals surface area contributed by atoms with Crippen LogP contribution in [0.2, 0.25) is 0 Å². The van der Waals surface area contributed by atoms with Crippen LogP contribution in [0.3, 0.4) is 0 Å². The van der Waals surface area contributed by atoms with Crippen molar-refractivity contribution in [1.29, 1.82) is 0 Å². The molecule has 4 rings (SSSR count). The first-order valence-corrected chi connectivity index (χ1v) is 33.0. The van der Waals surface area contributed by atoms with Gasteiger partial charge in [-0.2, -0.15) is 83.0 Å². The molecule has 0 fully saturated rings. The number of hydrogen-bond acceptors (Lipinski definition) is 3. The van der Waals surface area contributed by atoms with Crippen molar-refractivity contribution in [2.24, 2.45) is 0 Å². The third kappa shape index (κ3) is 32.2. The van der Waals surface area contributed by atoms with Crippen LogP contribution >= 0.6 is 0 Å². The molecule has 4 nitrogen and oxygen atoms in total. The summed E-state index contributed by atoms with van der Waals surface area (Å²) < 4.78 is 182. The van der Waals surface area contributed by atoms with Gasteiger partial charge in [-0.05, 0) is 112 Å². The molecule has 17 heteroatoms. The maximum atomic E-state index is 15.1. The molecule has 4 aromatic rings. The summed E-state index contributed by atoms with van der Waals surface area (Å²) in [5.74, 6) is -0.168. The molecule has 0 aromatic heterocycles. The van der Waals surface area contributed by atoms with Crippen molar-refractivity contribution in [3.05, 3.63) is 125 Å². The molecule has 87 heavy (non-hydrogen) atoms. The Morgan fingerprint density at radius 1 is 0.345 bits per heavy atom. The molecule has 0 radical (unpaired) electrons. The molecule has 0 heterocycles. The van der Waals surface area contributed by atoms with Crippen LogP contribution in [0.15, 0.2) is 91.0 Å². The minimum Gasteiger partial charge on any atom is -0.490 e. The Morgan fingerprint density at radius 2 is 0.632 bits per heavy atom. The predicted molar refractivity (Wildman–Crippen MR) is 330 cm³/mol. The molecule has 0 aliphatic heterocycles. The Labute approximate surface area is 515 Å². The zero-order valence-electron chi connectivity index (χ0n) is 52.7.